The molecule has 0 atom stereocenters. The predicted molar refractivity (Wildman–Crippen MR) is 86.8 cm³/mol. The molecule has 2 aromatic rings. The van der Waals surface area contributed by atoms with Crippen LogP contribution in [-0.2, 0) is 17.6 Å². The van der Waals surface area contributed by atoms with E-state index in [0.717, 1.165) is 75.7 Å². The molecular formula is C19H26O3. The maximum Gasteiger partial charge on any atom is 0.132 e. The molecule has 0 bridgehead atoms. The minimum Gasteiger partial charge on any atom is -0.469 e. The third-order valence-electron chi connectivity index (χ3n) is 3.92. The van der Waals surface area contributed by atoms with Gasteiger partial charge in [0.2, 0.25) is 0 Å². The third-order valence-corrected chi connectivity index (χ3v) is 3.92. The first-order valence-electron chi connectivity index (χ1n) is 8.41. The lowest BCUT2D eigenvalue weighted by Gasteiger charge is -2.02. The molecule has 0 spiro atoms. The molecule has 120 valence electrons. The Kier molecular flexibility index (Phi) is 7.57. The minimum atomic E-state index is 0.413. The van der Waals surface area contributed by atoms with E-state index in [2.05, 4.69) is 0 Å². The molecule has 2 heterocycles. The summed E-state index contributed by atoms with van der Waals surface area (Å²) in [5.41, 5.74) is 0. The topological polar surface area (TPSA) is 43.4 Å². The average Bonchev–Trinajstić information content (AvgIpc) is 3.19. The second-order valence-electron chi connectivity index (χ2n) is 5.82. The quantitative estimate of drug-likeness (QED) is 0.496. The molecule has 3 heteroatoms. The number of hydrogen-bond donors (Lipinski definition) is 0. The first-order chi connectivity index (χ1) is 10.8. The lowest BCUT2D eigenvalue weighted by Crippen LogP contribution is -1.98. The van der Waals surface area contributed by atoms with Crippen LogP contribution in [0.1, 0.15) is 62.9 Å². The largest absolute Gasteiger partial charge is 0.469 e. The smallest absolute Gasteiger partial charge is 0.132 e. The summed E-state index contributed by atoms with van der Waals surface area (Å²) in [7, 11) is 0. The highest BCUT2D eigenvalue weighted by Crippen LogP contribution is 2.12. The van der Waals surface area contributed by atoms with Gasteiger partial charge in [0.1, 0.15) is 17.3 Å². The van der Waals surface area contributed by atoms with Crippen molar-refractivity contribution in [2.75, 3.05) is 0 Å². The van der Waals surface area contributed by atoms with Crippen LogP contribution in [0.4, 0.5) is 0 Å². The Balaban J connectivity index is 1.39. The molecule has 0 aliphatic carbocycles. The number of carbonyl (C=O) groups is 1. The minimum absolute atomic E-state index is 0.413. The monoisotopic (exact) mass is 302 g/mol. The maximum atomic E-state index is 11.8. The van der Waals surface area contributed by atoms with E-state index in [1.54, 1.807) is 12.5 Å². The fourth-order valence-corrected chi connectivity index (χ4v) is 2.63. The van der Waals surface area contributed by atoms with Gasteiger partial charge in [-0.2, -0.15) is 0 Å². The average molecular weight is 302 g/mol. The van der Waals surface area contributed by atoms with Crippen LogP contribution in [0.2, 0.25) is 0 Å². The molecule has 0 aliphatic rings. The van der Waals surface area contributed by atoms with Crippen molar-refractivity contribution in [3.63, 3.8) is 0 Å². The Morgan fingerprint density at radius 1 is 0.727 bits per heavy atom. The third kappa shape index (κ3) is 6.79. The van der Waals surface area contributed by atoms with Crippen molar-refractivity contribution in [2.24, 2.45) is 0 Å². The van der Waals surface area contributed by atoms with E-state index >= 15 is 0 Å². The molecule has 0 aliphatic heterocycles. The number of rotatable bonds is 12. The van der Waals surface area contributed by atoms with Crippen LogP contribution >= 0.6 is 0 Å². The SMILES string of the molecule is O=C(CCCCCc1ccco1)CCCCCc1ccco1. The van der Waals surface area contributed by atoms with Gasteiger partial charge in [-0.3, -0.25) is 4.79 Å². The highest BCUT2D eigenvalue weighted by Gasteiger charge is 2.03. The molecule has 0 aromatic carbocycles. The Morgan fingerprint density at radius 3 is 1.64 bits per heavy atom. The van der Waals surface area contributed by atoms with E-state index in [0.29, 0.717) is 5.78 Å². The first-order valence-corrected chi connectivity index (χ1v) is 8.41. The van der Waals surface area contributed by atoms with Gasteiger partial charge >= 0.3 is 0 Å². The zero-order chi connectivity index (χ0) is 15.5. The number of Topliss-reactive ketones (excluding diaryl/α,β-unsaturated/α-hetero) is 1. The maximum absolute atomic E-state index is 11.8. The summed E-state index contributed by atoms with van der Waals surface area (Å²) in [5.74, 6) is 2.50. The van der Waals surface area contributed by atoms with Crippen LogP contribution in [0.5, 0.6) is 0 Å². The van der Waals surface area contributed by atoms with E-state index < -0.39 is 0 Å². The predicted octanol–water partition coefficient (Wildman–Crippen LogP) is 5.35. The first kappa shape index (κ1) is 16.6. The van der Waals surface area contributed by atoms with Crippen LogP contribution in [0.15, 0.2) is 45.6 Å². The summed E-state index contributed by atoms with van der Waals surface area (Å²) in [5, 5.41) is 0. The number of aryl methyl sites for hydroxylation is 2. The molecule has 0 radical (unpaired) electrons. The van der Waals surface area contributed by atoms with Gasteiger partial charge in [-0.25, -0.2) is 0 Å². The second kappa shape index (κ2) is 10.0. The molecule has 0 unspecified atom stereocenters. The van der Waals surface area contributed by atoms with Gasteiger partial charge in [-0.15, -0.1) is 0 Å². The molecule has 0 saturated carbocycles. The molecule has 22 heavy (non-hydrogen) atoms. The summed E-state index contributed by atoms with van der Waals surface area (Å²) in [6, 6.07) is 7.86. The second-order valence-corrected chi connectivity index (χ2v) is 5.82. The highest BCUT2D eigenvalue weighted by molar-refractivity contribution is 5.78. The number of unbranched alkanes of at least 4 members (excludes halogenated alkanes) is 4. The molecule has 0 saturated heterocycles. The Bertz CT molecular complexity index is 451. The zero-order valence-corrected chi connectivity index (χ0v) is 13.3. The fraction of sp³-hybridized carbons (Fsp3) is 0.526. The van der Waals surface area contributed by atoms with Crippen molar-refractivity contribution >= 4 is 5.78 Å². The van der Waals surface area contributed by atoms with E-state index in [-0.39, 0.29) is 0 Å². The number of carbonyl (C=O) groups excluding carboxylic acids is 1. The standard InChI is InChI=1S/C19H26O3/c20-17(9-3-1-5-11-18-13-7-15-21-18)10-4-2-6-12-19-14-8-16-22-19/h7-8,13-16H,1-6,9-12H2. The van der Waals surface area contributed by atoms with E-state index in [1.165, 1.54) is 0 Å². The summed E-state index contributed by atoms with van der Waals surface area (Å²) >= 11 is 0. The lowest BCUT2D eigenvalue weighted by atomic mass is 10.0. The van der Waals surface area contributed by atoms with Crippen molar-refractivity contribution in [3.8, 4) is 0 Å². The fourth-order valence-electron chi connectivity index (χ4n) is 2.63. The molecule has 3 nitrogen and oxygen atoms in total. The van der Waals surface area contributed by atoms with Crippen LogP contribution < -0.4 is 0 Å². The van der Waals surface area contributed by atoms with E-state index in [4.69, 9.17) is 8.83 Å². The van der Waals surface area contributed by atoms with Crippen molar-refractivity contribution in [3.05, 3.63) is 48.3 Å². The van der Waals surface area contributed by atoms with Crippen LogP contribution in [0.25, 0.3) is 0 Å². The lowest BCUT2D eigenvalue weighted by molar-refractivity contribution is -0.119. The van der Waals surface area contributed by atoms with Crippen LogP contribution in [-0.4, -0.2) is 5.78 Å². The number of furan rings is 2. The summed E-state index contributed by atoms with van der Waals surface area (Å²) in [6.45, 7) is 0. The van der Waals surface area contributed by atoms with Gasteiger partial charge in [0.25, 0.3) is 0 Å². The molecule has 0 fully saturated rings. The Morgan fingerprint density at radius 2 is 1.23 bits per heavy atom. The van der Waals surface area contributed by atoms with E-state index in [1.807, 2.05) is 24.3 Å². The number of ketones is 1. The Hall–Kier alpha value is -1.77. The van der Waals surface area contributed by atoms with Gasteiger partial charge < -0.3 is 8.83 Å². The van der Waals surface area contributed by atoms with Gasteiger partial charge in [0, 0.05) is 25.7 Å². The zero-order valence-electron chi connectivity index (χ0n) is 13.3. The van der Waals surface area contributed by atoms with Gasteiger partial charge in [-0.1, -0.05) is 12.8 Å². The molecule has 0 amide bonds. The molecule has 2 rings (SSSR count). The normalized spacial score (nSPS) is 10.9. The van der Waals surface area contributed by atoms with Crippen LogP contribution in [0, 0.1) is 0 Å². The summed E-state index contributed by atoms with van der Waals surface area (Å²) in [6.07, 6.45) is 13.3. The van der Waals surface area contributed by atoms with Crippen molar-refractivity contribution in [2.45, 2.75) is 64.2 Å². The number of hydrogen-bond acceptors (Lipinski definition) is 3. The Labute approximate surface area is 132 Å². The van der Waals surface area contributed by atoms with Gasteiger partial charge in [0.05, 0.1) is 12.5 Å². The molecular weight excluding hydrogens is 276 g/mol. The molecule has 0 N–H and O–H groups in total. The van der Waals surface area contributed by atoms with E-state index in [9.17, 15) is 4.79 Å². The molecule has 2 aromatic heterocycles. The van der Waals surface area contributed by atoms with Crippen LogP contribution in [0.3, 0.4) is 0 Å². The highest BCUT2D eigenvalue weighted by atomic mass is 16.3. The van der Waals surface area contributed by atoms with Crippen molar-refractivity contribution < 1.29 is 13.6 Å². The van der Waals surface area contributed by atoms with Crippen molar-refractivity contribution in [1.82, 2.24) is 0 Å². The van der Waals surface area contributed by atoms with Crippen molar-refractivity contribution in [1.29, 1.82) is 0 Å². The summed E-state index contributed by atoms with van der Waals surface area (Å²) < 4.78 is 10.6. The van der Waals surface area contributed by atoms with Gasteiger partial charge in [0.15, 0.2) is 0 Å². The van der Waals surface area contributed by atoms with Gasteiger partial charge in [-0.05, 0) is 49.9 Å². The summed E-state index contributed by atoms with van der Waals surface area (Å²) in [4.78, 5) is 11.8.